The zero-order valence-electron chi connectivity index (χ0n) is 10.2. The number of benzene rings is 1. The van der Waals surface area contributed by atoms with Crippen molar-refractivity contribution in [3.63, 3.8) is 0 Å². The van der Waals surface area contributed by atoms with Crippen molar-refractivity contribution < 1.29 is 9.21 Å². The van der Waals surface area contributed by atoms with Gasteiger partial charge in [-0.2, -0.15) is 0 Å². The van der Waals surface area contributed by atoms with Gasteiger partial charge in [-0.3, -0.25) is 4.79 Å². The maximum absolute atomic E-state index is 12.1. The molecule has 0 bridgehead atoms. The Labute approximate surface area is 101 Å². The number of rotatable bonds is 2. The van der Waals surface area contributed by atoms with E-state index in [0.717, 1.165) is 11.3 Å². The number of nitrogens with zero attached hydrogens (tertiary/aromatic N) is 1. The molecule has 0 fully saturated rings. The van der Waals surface area contributed by atoms with E-state index in [1.807, 2.05) is 26.0 Å². The minimum Gasteiger partial charge on any atom is -0.459 e. The SMILES string of the molecule is Cc1ccc(N(C)C(=O)c2ccco2)c(C)c1. The Balaban J connectivity index is 2.31. The minimum absolute atomic E-state index is 0.137. The molecule has 0 aliphatic carbocycles. The van der Waals surface area contributed by atoms with Crippen molar-refractivity contribution in [1.29, 1.82) is 0 Å². The second-order valence-corrected chi connectivity index (χ2v) is 4.13. The van der Waals surface area contributed by atoms with Crippen molar-refractivity contribution in [2.24, 2.45) is 0 Å². The van der Waals surface area contributed by atoms with Crippen molar-refractivity contribution in [3.8, 4) is 0 Å². The standard InChI is InChI=1S/C14H15NO2/c1-10-6-7-12(11(2)9-10)15(3)14(16)13-5-4-8-17-13/h4-9H,1-3H3. The Bertz CT molecular complexity index is 529. The lowest BCUT2D eigenvalue weighted by Crippen LogP contribution is -2.26. The summed E-state index contributed by atoms with van der Waals surface area (Å²) < 4.78 is 5.11. The second-order valence-electron chi connectivity index (χ2n) is 4.13. The molecule has 0 saturated heterocycles. The summed E-state index contributed by atoms with van der Waals surface area (Å²) >= 11 is 0. The quantitative estimate of drug-likeness (QED) is 0.792. The van der Waals surface area contributed by atoms with Crippen LogP contribution in [0.4, 0.5) is 5.69 Å². The number of anilines is 1. The van der Waals surface area contributed by atoms with Gasteiger partial charge >= 0.3 is 0 Å². The largest absolute Gasteiger partial charge is 0.459 e. The molecular formula is C14H15NO2. The Morgan fingerprint density at radius 3 is 2.59 bits per heavy atom. The molecule has 0 N–H and O–H groups in total. The van der Waals surface area contributed by atoms with Gasteiger partial charge in [-0.15, -0.1) is 0 Å². The molecule has 2 aromatic rings. The number of furan rings is 1. The fourth-order valence-corrected chi connectivity index (χ4v) is 1.86. The van der Waals surface area contributed by atoms with Crippen LogP contribution in [0, 0.1) is 13.8 Å². The Morgan fingerprint density at radius 2 is 2.00 bits per heavy atom. The first-order chi connectivity index (χ1) is 8.09. The van der Waals surface area contributed by atoms with Crippen LogP contribution >= 0.6 is 0 Å². The summed E-state index contributed by atoms with van der Waals surface area (Å²) in [6, 6.07) is 9.38. The molecule has 3 heteroatoms. The highest BCUT2D eigenvalue weighted by Gasteiger charge is 2.17. The molecule has 1 aromatic carbocycles. The van der Waals surface area contributed by atoms with Crippen LogP contribution in [0.15, 0.2) is 41.0 Å². The molecule has 1 heterocycles. The number of hydrogen-bond donors (Lipinski definition) is 0. The van der Waals surface area contributed by atoms with Gasteiger partial charge in [-0.1, -0.05) is 17.7 Å². The van der Waals surface area contributed by atoms with Gasteiger partial charge in [-0.05, 0) is 37.6 Å². The fourth-order valence-electron chi connectivity index (χ4n) is 1.86. The predicted molar refractivity (Wildman–Crippen MR) is 67.4 cm³/mol. The van der Waals surface area contributed by atoms with E-state index in [0.29, 0.717) is 5.76 Å². The van der Waals surface area contributed by atoms with Crippen LogP contribution in [0.5, 0.6) is 0 Å². The molecule has 0 aliphatic rings. The zero-order chi connectivity index (χ0) is 12.4. The summed E-state index contributed by atoms with van der Waals surface area (Å²) in [6.45, 7) is 4.03. The second kappa shape index (κ2) is 4.45. The summed E-state index contributed by atoms with van der Waals surface area (Å²) in [6.07, 6.45) is 1.50. The third-order valence-corrected chi connectivity index (χ3v) is 2.75. The van der Waals surface area contributed by atoms with Gasteiger partial charge in [0, 0.05) is 12.7 Å². The van der Waals surface area contributed by atoms with Crippen LogP contribution in [-0.4, -0.2) is 13.0 Å². The van der Waals surface area contributed by atoms with E-state index < -0.39 is 0 Å². The van der Waals surface area contributed by atoms with Crippen LogP contribution in [0.1, 0.15) is 21.7 Å². The topological polar surface area (TPSA) is 33.5 Å². The lowest BCUT2D eigenvalue weighted by Gasteiger charge is -2.18. The molecular weight excluding hydrogens is 214 g/mol. The lowest BCUT2D eigenvalue weighted by molar-refractivity contribution is 0.0966. The van der Waals surface area contributed by atoms with Crippen molar-refractivity contribution in [2.75, 3.05) is 11.9 Å². The van der Waals surface area contributed by atoms with Crippen LogP contribution < -0.4 is 4.90 Å². The van der Waals surface area contributed by atoms with Crippen LogP contribution in [0.3, 0.4) is 0 Å². The summed E-state index contributed by atoms with van der Waals surface area (Å²) in [7, 11) is 1.75. The Morgan fingerprint density at radius 1 is 1.24 bits per heavy atom. The molecule has 0 aliphatic heterocycles. The molecule has 17 heavy (non-hydrogen) atoms. The number of aryl methyl sites for hydroxylation is 2. The summed E-state index contributed by atoms with van der Waals surface area (Å²) in [5.74, 6) is 0.217. The van der Waals surface area contributed by atoms with Crippen LogP contribution in [-0.2, 0) is 0 Å². The first-order valence-electron chi connectivity index (χ1n) is 5.48. The Hall–Kier alpha value is -2.03. The number of carbonyl (C=O) groups excluding carboxylic acids is 1. The number of amides is 1. The maximum Gasteiger partial charge on any atom is 0.293 e. The van der Waals surface area contributed by atoms with Crippen LogP contribution in [0.2, 0.25) is 0 Å². The highest BCUT2D eigenvalue weighted by Crippen LogP contribution is 2.21. The van der Waals surface area contributed by atoms with Crippen molar-refractivity contribution in [3.05, 3.63) is 53.5 Å². The van der Waals surface area contributed by atoms with Gasteiger partial charge < -0.3 is 9.32 Å². The Kier molecular flexibility index (Phi) is 3.00. The minimum atomic E-state index is -0.137. The molecule has 2 rings (SSSR count). The fraction of sp³-hybridized carbons (Fsp3) is 0.214. The average molecular weight is 229 g/mol. The third-order valence-electron chi connectivity index (χ3n) is 2.75. The average Bonchev–Trinajstić information content (AvgIpc) is 2.80. The molecule has 0 unspecified atom stereocenters. The zero-order valence-corrected chi connectivity index (χ0v) is 10.2. The normalized spacial score (nSPS) is 10.3. The summed E-state index contributed by atoms with van der Waals surface area (Å²) in [5.41, 5.74) is 3.16. The monoisotopic (exact) mass is 229 g/mol. The third kappa shape index (κ3) is 2.23. The van der Waals surface area contributed by atoms with E-state index in [1.165, 1.54) is 11.8 Å². The molecule has 1 amide bonds. The van der Waals surface area contributed by atoms with E-state index in [4.69, 9.17) is 4.42 Å². The molecule has 88 valence electrons. The van der Waals surface area contributed by atoms with E-state index in [9.17, 15) is 4.79 Å². The van der Waals surface area contributed by atoms with Gasteiger partial charge in [-0.25, -0.2) is 0 Å². The molecule has 0 spiro atoms. The van der Waals surface area contributed by atoms with Gasteiger partial charge in [0.15, 0.2) is 5.76 Å². The van der Waals surface area contributed by atoms with E-state index in [1.54, 1.807) is 24.1 Å². The number of hydrogen-bond acceptors (Lipinski definition) is 2. The first-order valence-corrected chi connectivity index (χ1v) is 5.48. The van der Waals surface area contributed by atoms with Gasteiger partial charge in [0.1, 0.15) is 0 Å². The molecule has 0 atom stereocenters. The van der Waals surface area contributed by atoms with Crippen molar-refractivity contribution in [2.45, 2.75) is 13.8 Å². The first kappa shape index (κ1) is 11.5. The van der Waals surface area contributed by atoms with Crippen molar-refractivity contribution in [1.82, 2.24) is 0 Å². The summed E-state index contributed by atoms with van der Waals surface area (Å²) in [5, 5.41) is 0. The predicted octanol–water partition coefficient (Wildman–Crippen LogP) is 3.17. The van der Waals surface area contributed by atoms with E-state index >= 15 is 0 Å². The van der Waals surface area contributed by atoms with Gasteiger partial charge in [0.05, 0.1) is 6.26 Å². The maximum atomic E-state index is 12.1. The highest BCUT2D eigenvalue weighted by molar-refractivity contribution is 6.04. The van der Waals surface area contributed by atoms with Crippen molar-refractivity contribution >= 4 is 11.6 Å². The smallest absolute Gasteiger partial charge is 0.293 e. The lowest BCUT2D eigenvalue weighted by atomic mass is 10.1. The molecule has 0 radical (unpaired) electrons. The molecule has 0 saturated carbocycles. The van der Waals surface area contributed by atoms with E-state index in [-0.39, 0.29) is 5.91 Å². The van der Waals surface area contributed by atoms with E-state index in [2.05, 4.69) is 6.07 Å². The molecule has 1 aromatic heterocycles. The van der Waals surface area contributed by atoms with Gasteiger partial charge in [0.2, 0.25) is 0 Å². The number of carbonyl (C=O) groups is 1. The highest BCUT2D eigenvalue weighted by atomic mass is 16.3. The summed E-state index contributed by atoms with van der Waals surface area (Å²) in [4.78, 5) is 13.7. The van der Waals surface area contributed by atoms with Crippen LogP contribution in [0.25, 0.3) is 0 Å². The van der Waals surface area contributed by atoms with Gasteiger partial charge in [0.25, 0.3) is 5.91 Å². The molecule has 3 nitrogen and oxygen atoms in total.